The first-order valence-corrected chi connectivity index (χ1v) is 8.23. The Kier molecular flexibility index (Phi) is 3.96. The van der Waals surface area contributed by atoms with Crippen molar-refractivity contribution in [1.82, 2.24) is 9.55 Å². The van der Waals surface area contributed by atoms with E-state index in [0.29, 0.717) is 12.5 Å². The van der Waals surface area contributed by atoms with E-state index >= 15 is 0 Å². The smallest absolute Gasteiger partial charge is 0.261 e. The minimum absolute atomic E-state index is 0.123. The number of hydrogen-bond donors (Lipinski definition) is 0. The fraction of sp³-hybridized carbons (Fsp3) is 0.308. The standard InChI is InChI=1S/C13H15ClN2O2S/c1-10(2)13-15-6-7-16(13)9-11-4-3-5-12(8-11)19(14,17)18/h3-8,10H,9H2,1-2H3. The number of aromatic nitrogens is 2. The van der Waals surface area contributed by atoms with Gasteiger partial charge in [-0.2, -0.15) is 0 Å². The molecule has 1 heterocycles. The minimum atomic E-state index is -3.68. The predicted molar refractivity (Wildman–Crippen MR) is 74.9 cm³/mol. The van der Waals surface area contributed by atoms with Crippen molar-refractivity contribution in [3.63, 3.8) is 0 Å². The van der Waals surface area contributed by atoms with Crippen molar-refractivity contribution in [3.8, 4) is 0 Å². The highest BCUT2D eigenvalue weighted by molar-refractivity contribution is 8.13. The van der Waals surface area contributed by atoms with Gasteiger partial charge in [-0.1, -0.05) is 26.0 Å². The van der Waals surface area contributed by atoms with Gasteiger partial charge in [0.15, 0.2) is 0 Å². The largest absolute Gasteiger partial charge is 0.330 e. The molecular weight excluding hydrogens is 284 g/mol. The molecule has 0 atom stereocenters. The van der Waals surface area contributed by atoms with E-state index in [-0.39, 0.29) is 4.90 Å². The molecule has 0 aliphatic carbocycles. The zero-order valence-electron chi connectivity index (χ0n) is 10.7. The van der Waals surface area contributed by atoms with Gasteiger partial charge in [0.05, 0.1) is 4.90 Å². The van der Waals surface area contributed by atoms with Gasteiger partial charge < -0.3 is 4.57 Å². The summed E-state index contributed by atoms with van der Waals surface area (Å²) in [6.07, 6.45) is 3.63. The third-order valence-electron chi connectivity index (χ3n) is 2.80. The fourth-order valence-corrected chi connectivity index (χ4v) is 2.77. The van der Waals surface area contributed by atoms with Gasteiger partial charge in [0.1, 0.15) is 5.82 Å². The minimum Gasteiger partial charge on any atom is -0.330 e. The quantitative estimate of drug-likeness (QED) is 0.815. The lowest BCUT2D eigenvalue weighted by atomic mass is 10.2. The summed E-state index contributed by atoms with van der Waals surface area (Å²) in [5, 5.41) is 0. The second-order valence-electron chi connectivity index (χ2n) is 4.65. The Balaban J connectivity index is 2.32. The average molecular weight is 299 g/mol. The third kappa shape index (κ3) is 3.36. The Morgan fingerprint density at radius 3 is 2.74 bits per heavy atom. The van der Waals surface area contributed by atoms with Gasteiger partial charge in [-0.05, 0) is 17.7 Å². The number of hydrogen-bond acceptors (Lipinski definition) is 3. The lowest BCUT2D eigenvalue weighted by Gasteiger charge is -2.10. The predicted octanol–water partition coefficient (Wildman–Crippen LogP) is 2.98. The third-order valence-corrected chi connectivity index (χ3v) is 4.15. The molecule has 0 bridgehead atoms. The normalized spacial score (nSPS) is 12.0. The van der Waals surface area contributed by atoms with Gasteiger partial charge in [-0.3, -0.25) is 0 Å². The maximum absolute atomic E-state index is 11.3. The Morgan fingerprint density at radius 2 is 2.11 bits per heavy atom. The van der Waals surface area contributed by atoms with Crippen LogP contribution in [0.3, 0.4) is 0 Å². The summed E-state index contributed by atoms with van der Waals surface area (Å²) >= 11 is 0. The summed E-state index contributed by atoms with van der Waals surface area (Å²) in [4.78, 5) is 4.42. The van der Waals surface area contributed by atoms with E-state index in [9.17, 15) is 8.42 Å². The van der Waals surface area contributed by atoms with Crippen LogP contribution in [-0.4, -0.2) is 18.0 Å². The average Bonchev–Trinajstić information content (AvgIpc) is 2.76. The van der Waals surface area contributed by atoms with Gasteiger partial charge in [0, 0.05) is 35.5 Å². The monoisotopic (exact) mass is 298 g/mol. The summed E-state index contributed by atoms with van der Waals surface area (Å²) in [5.41, 5.74) is 0.877. The van der Waals surface area contributed by atoms with E-state index in [2.05, 4.69) is 18.8 Å². The topological polar surface area (TPSA) is 52.0 Å². The first-order chi connectivity index (χ1) is 8.88. The number of benzene rings is 1. The van der Waals surface area contributed by atoms with Gasteiger partial charge >= 0.3 is 0 Å². The maximum atomic E-state index is 11.3. The molecule has 2 aromatic rings. The van der Waals surface area contributed by atoms with Crippen LogP contribution in [-0.2, 0) is 15.6 Å². The summed E-state index contributed by atoms with van der Waals surface area (Å²) in [7, 11) is 1.66. The number of halogens is 1. The van der Waals surface area contributed by atoms with Crippen molar-refractivity contribution < 1.29 is 8.42 Å². The van der Waals surface area contributed by atoms with Crippen molar-refractivity contribution >= 4 is 19.7 Å². The SMILES string of the molecule is CC(C)c1nccn1Cc1cccc(S(=O)(=O)Cl)c1. The molecule has 0 radical (unpaired) electrons. The van der Waals surface area contributed by atoms with Crippen LogP contribution in [0, 0.1) is 0 Å². The van der Waals surface area contributed by atoms with E-state index in [1.54, 1.807) is 18.3 Å². The van der Waals surface area contributed by atoms with Gasteiger partial charge in [0.25, 0.3) is 9.05 Å². The Bertz CT molecular complexity index is 677. The molecule has 0 aliphatic heterocycles. The Hall–Kier alpha value is -1.33. The molecule has 19 heavy (non-hydrogen) atoms. The van der Waals surface area contributed by atoms with E-state index < -0.39 is 9.05 Å². The second kappa shape index (κ2) is 5.35. The molecule has 0 aliphatic rings. The number of imidazole rings is 1. The molecule has 0 spiro atoms. The van der Waals surface area contributed by atoms with Crippen LogP contribution >= 0.6 is 10.7 Å². The highest BCUT2D eigenvalue weighted by Gasteiger charge is 2.11. The van der Waals surface area contributed by atoms with E-state index in [4.69, 9.17) is 10.7 Å². The van der Waals surface area contributed by atoms with Crippen molar-refractivity contribution in [1.29, 1.82) is 0 Å². The first kappa shape index (κ1) is 14.1. The van der Waals surface area contributed by atoms with Crippen LogP contribution in [0.4, 0.5) is 0 Å². The maximum Gasteiger partial charge on any atom is 0.261 e. The van der Waals surface area contributed by atoms with Crippen LogP contribution in [0.25, 0.3) is 0 Å². The molecular formula is C13H15ClN2O2S. The van der Waals surface area contributed by atoms with Crippen molar-refractivity contribution in [2.45, 2.75) is 31.2 Å². The molecule has 0 fully saturated rings. The molecule has 2 rings (SSSR count). The van der Waals surface area contributed by atoms with Crippen molar-refractivity contribution in [2.24, 2.45) is 0 Å². The lowest BCUT2D eigenvalue weighted by Crippen LogP contribution is -2.06. The van der Waals surface area contributed by atoms with E-state index in [0.717, 1.165) is 11.4 Å². The van der Waals surface area contributed by atoms with Crippen molar-refractivity contribution in [2.75, 3.05) is 0 Å². The molecule has 0 N–H and O–H groups in total. The Labute approximate surface area is 117 Å². The molecule has 0 saturated carbocycles. The van der Waals surface area contributed by atoms with Crippen LogP contribution in [0.1, 0.15) is 31.2 Å². The molecule has 1 aromatic heterocycles. The molecule has 102 valence electrons. The molecule has 0 unspecified atom stereocenters. The lowest BCUT2D eigenvalue weighted by molar-refractivity contribution is 0.609. The molecule has 0 amide bonds. The molecule has 0 saturated heterocycles. The number of rotatable bonds is 4. The van der Waals surface area contributed by atoms with Gasteiger partial charge in [-0.25, -0.2) is 13.4 Å². The highest BCUT2D eigenvalue weighted by Crippen LogP contribution is 2.18. The van der Waals surface area contributed by atoms with Gasteiger partial charge in [-0.15, -0.1) is 0 Å². The van der Waals surface area contributed by atoms with Crippen molar-refractivity contribution in [3.05, 3.63) is 48.0 Å². The van der Waals surface area contributed by atoms with E-state index in [1.165, 1.54) is 6.07 Å². The van der Waals surface area contributed by atoms with E-state index in [1.807, 2.05) is 16.8 Å². The number of nitrogens with zero attached hydrogens (tertiary/aromatic N) is 2. The first-order valence-electron chi connectivity index (χ1n) is 5.92. The molecule has 1 aromatic carbocycles. The summed E-state index contributed by atoms with van der Waals surface area (Å²) in [5.74, 6) is 1.29. The summed E-state index contributed by atoms with van der Waals surface area (Å²) < 4.78 is 24.6. The zero-order valence-corrected chi connectivity index (χ0v) is 12.3. The fourth-order valence-electron chi connectivity index (χ4n) is 1.95. The highest BCUT2D eigenvalue weighted by atomic mass is 35.7. The van der Waals surface area contributed by atoms with Crippen LogP contribution in [0.5, 0.6) is 0 Å². The Morgan fingerprint density at radius 1 is 1.37 bits per heavy atom. The van der Waals surface area contributed by atoms with Crippen LogP contribution < -0.4 is 0 Å². The van der Waals surface area contributed by atoms with Gasteiger partial charge in [0.2, 0.25) is 0 Å². The second-order valence-corrected chi connectivity index (χ2v) is 7.22. The molecule has 4 nitrogen and oxygen atoms in total. The zero-order chi connectivity index (χ0) is 14.0. The molecule has 6 heteroatoms. The summed E-state index contributed by atoms with van der Waals surface area (Å²) in [6, 6.07) is 6.64. The summed E-state index contributed by atoms with van der Waals surface area (Å²) in [6.45, 7) is 4.71. The van der Waals surface area contributed by atoms with Crippen LogP contribution in [0.15, 0.2) is 41.6 Å². The van der Waals surface area contributed by atoms with Crippen LogP contribution in [0.2, 0.25) is 0 Å².